The van der Waals surface area contributed by atoms with E-state index in [0.717, 1.165) is 5.39 Å². The van der Waals surface area contributed by atoms with E-state index in [2.05, 4.69) is 37.2 Å². The minimum Gasteiger partial charge on any atom is -0.506 e. The lowest BCUT2D eigenvalue weighted by atomic mass is 10.0. The Hall–Kier alpha value is -1.07. The first-order valence-corrected chi connectivity index (χ1v) is 8.40. The summed E-state index contributed by atoms with van der Waals surface area (Å²) in [4.78, 5) is 12.3. The molecule has 20 heavy (non-hydrogen) atoms. The number of carbonyl (C=O) groups excluding carboxylic acids is 1. The van der Waals surface area contributed by atoms with Crippen LogP contribution < -0.4 is 5.32 Å². The lowest BCUT2D eigenvalue weighted by molar-refractivity contribution is 0.0920. The second kappa shape index (κ2) is 6.14. The standard InChI is InChI=1S/C15H15Br2NO2/c1-15(8-16,9-17)18-14(20)12-7-6-10-4-2-3-5-11(10)13(12)19/h2-7,19H,8-9H2,1H3,(H,18,20). The van der Waals surface area contributed by atoms with Crippen molar-refractivity contribution in [2.24, 2.45) is 0 Å². The van der Waals surface area contributed by atoms with Gasteiger partial charge >= 0.3 is 0 Å². The van der Waals surface area contributed by atoms with Crippen molar-refractivity contribution in [1.82, 2.24) is 5.32 Å². The fraction of sp³-hybridized carbons (Fsp3) is 0.267. The number of hydrogen-bond acceptors (Lipinski definition) is 2. The predicted molar refractivity (Wildman–Crippen MR) is 89.1 cm³/mol. The van der Waals surface area contributed by atoms with Gasteiger partial charge in [0.1, 0.15) is 5.75 Å². The number of phenols is 1. The Bertz CT molecular complexity index is 639. The van der Waals surface area contributed by atoms with E-state index in [1.807, 2.05) is 31.2 Å². The zero-order valence-corrected chi connectivity index (χ0v) is 14.2. The highest BCUT2D eigenvalue weighted by atomic mass is 79.9. The highest BCUT2D eigenvalue weighted by Gasteiger charge is 2.25. The summed E-state index contributed by atoms with van der Waals surface area (Å²) in [7, 11) is 0. The normalized spacial score (nSPS) is 11.6. The van der Waals surface area contributed by atoms with Crippen LogP contribution in [0.3, 0.4) is 0 Å². The first-order chi connectivity index (χ1) is 9.50. The number of alkyl halides is 2. The fourth-order valence-electron chi connectivity index (χ4n) is 1.88. The van der Waals surface area contributed by atoms with Gasteiger partial charge in [0, 0.05) is 16.0 Å². The summed E-state index contributed by atoms with van der Waals surface area (Å²) in [6, 6.07) is 10.9. The molecule has 0 heterocycles. The van der Waals surface area contributed by atoms with Crippen molar-refractivity contribution in [2.45, 2.75) is 12.5 Å². The van der Waals surface area contributed by atoms with Gasteiger partial charge in [0.05, 0.1) is 11.1 Å². The molecule has 0 unspecified atom stereocenters. The molecule has 0 bridgehead atoms. The van der Waals surface area contributed by atoms with E-state index in [1.54, 1.807) is 12.1 Å². The van der Waals surface area contributed by atoms with Crippen LogP contribution in [0.4, 0.5) is 0 Å². The first-order valence-electron chi connectivity index (χ1n) is 6.16. The summed E-state index contributed by atoms with van der Waals surface area (Å²) in [6.07, 6.45) is 0. The third-order valence-corrected chi connectivity index (χ3v) is 5.63. The van der Waals surface area contributed by atoms with E-state index in [0.29, 0.717) is 16.0 Å². The molecule has 0 aliphatic heterocycles. The largest absolute Gasteiger partial charge is 0.506 e. The molecule has 0 aliphatic rings. The Morgan fingerprint density at radius 3 is 2.50 bits per heavy atom. The van der Waals surface area contributed by atoms with E-state index in [1.165, 1.54) is 0 Å². The number of benzene rings is 2. The van der Waals surface area contributed by atoms with Crippen molar-refractivity contribution in [1.29, 1.82) is 0 Å². The van der Waals surface area contributed by atoms with Gasteiger partial charge in [0.2, 0.25) is 0 Å². The van der Waals surface area contributed by atoms with Crippen LogP contribution in [0.2, 0.25) is 0 Å². The molecule has 0 radical (unpaired) electrons. The second-order valence-corrected chi connectivity index (χ2v) is 6.09. The van der Waals surface area contributed by atoms with Crippen LogP contribution in [-0.2, 0) is 0 Å². The molecule has 0 saturated heterocycles. The molecule has 0 aliphatic carbocycles. The lowest BCUT2D eigenvalue weighted by Crippen LogP contribution is -2.48. The number of amides is 1. The van der Waals surface area contributed by atoms with Crippen LogP contribution in [0, 0.1) is 0 Å². The van der Waals surface area contributed by atoms with Crippen LogP contribution in [0.1, 0.15) is 17.3 Å². The molecule has 0 spiro atoms. The number of hydrogen-bond donors (Lipinski definition) is 2. The lowest BCUT2D eigenvalue weighted by Gasteiger charge is -2.26. The Morgan fingerprint density at radius 1 is 1.20 bits per heavy atom. The molecule has 106 valence electrons. The zero-order valence-electron chi connectivity index (χ0n) is 11.0. The molecular weight excluding hydrogens is 386 g/mol. The highest BCUT2D eigenvalue weighted by molar-refractivity contribution is 9.09. The summed E-state index contributed by atoms with van der Waals surface area (Å²) >= 11 is 6.77. The summed E-state index contributed by atoms with van der Waals surface area (Å²) in [5.74, 6) is -0.262. The third-order valence-electron chi connectivity index (χ3n) is 3.15. The Morgan fingerprint density at radius 2 is 1.85 bits per heavy atom. The van der Waals surface area contributed by atoms with Gasteiger partial charge in [0.25, 0.3) is 5.91 Å². The molecule has 0 atom stereocenters. The molecule has 3 nitrogen and oxygen atoms in total. The second-order valence-electron chi connectivity index (χ2n) is 4.96. The average molecular weight is 401 g/mol. The van der Waals surface area contributed by atoms with Crippen LogP contribution >= 0.6 is 31.9 Å². The van der Waals surface area contributed by atoms with Crippen LogP contribution in [0.5, 0.6) is 5.75 Å². The van der Waals surface area contributed by atoms with Gasteiger partial charge in [-0.2, -0.15) is 0 Å². The molecule has 5 heteroatoms. The number of carbonyl (C=O) groups is 1. The van der Waals surface area contributed by atoms with Crippen molar-refractivity contribution in [3.63, 3.8) is 0 Å². The summed E-state index contributed by atoms with van der Waals surface area (Å²) in [5, 5.41) is 16.0. The molecule has 0 saturated carbocycles. The number of rotatable bonds is 4. The fourth-order valence-corrected chi connectivity index (χ4v) is 3.09. The Balaban J connectivity index is 2.38. The van der Waals surface area contributed by atoms with Crippen LogP contribution in [0.25, 0.3) is 10.8 Å². The minimum absolute atomic E-state index is 0.0205. The Labute approximate surface area is 134 Å². The minimum atomic E-state index is -0.408. The van der Waals surface area contributed by atoms with Gasteiger partial charge in [-0.05, 0) is 18.4 Å². The van der Waals surface area contributed by atoms with Gasteiger partial charge < -0.3 is 10.4 Å². The summed E-state index contributed by atoms with van der Waals surface area (Å²) < 4.78 is 0. The van der Waals surface area contributed by atoms with E-state index in [4.69, 9.17) is 0 Å². The van der Waals surface area contributed by atoms with Crippen LogP contribution in [-0.4, -0.2) is 27.2 Å². The average Bonchev–Trinajstić information content (AvgIpc) is 2.47. The molecule has 2 N–H and O–H groups in total. The van der Waals surface area contributed by atoms with Crippen molar-refractivity contribution in [2.75, 3.05) is 10.7 Å². The summed E-state index contributed by atoms with van der Waals surface area (Å²) in [6.45, 7) is 1.92. The predicted octanol–water partition coefficient (Wildman–Crippen LogP) is 3.82. The quantitative estimate of drug-likeness (QED) is 0.766. The highest BCUT2D eigenvalue weighted by Crippen LogP contribution is 2.29. The number of phenolic OH excluding ortho intramolecular Hbond substituents is 1. The van der Waals surface area contributed by atoms with Crippen molar-refractivity contribution in [3.8, 4) is 5.75 Å². The van der Waals surface area contributed by atoms with E-state index in [-0.39, 0.29) is 17.2 Å². The number of nitrogens with one attached hydrogen (secondary N) is 1. The van der Waals surface area contributed by atoms with Gasteiger partial charge in [-0.25, -0.2) is 0 Å². The molecule has 0 fully saturated rings. The zero-order chi connectivity index (χ0) is 14.8. The van der Waals surface area contributed by atoms with Gasteiger partial charge in [-0.3, -0.25) is 4.79 Å². The van der Waals surface area contributed by atoms with Crippen molar-refractivity contribution < 1.29 is 9.90 Å². The van der Waals surface area contributed by atoms with Crippen LogP contribution in [0.15, 0.2) is 36.4 Å². The van der Waals surface area contributed by atoms with Gasteiger partial charge in [0.15, 0.2) is 0 Å². The molecule has 0 aromatic heterocycles. The van der Waals surface area contributed by atoms with Crippen molar-refractivity contribution >= 4 is 48.5 Å². The number of halogens is 2. The first kappa shape index (κ1) is 15.3. The SMILES string of the molecule is CC(CBr)(CBr)NC(=O)c1ccc2ccccc2c1O. The van der Waals surface area contributed by atoms with E-state index < -0.39 is 5.54 Å². The monoisotopic (exact) mass is 399 g/mol. The maximum absolute atomic E-state index is 12.3. The van der Waals surface area contributed by atoms with Crippen molar-refractivity contribution in [3.05, 3.63) is 42.0 Å². The molecule has 2 aromatic rings. The van der Waals surface area contributed by atoms with E-state index in [9.17, 15) is 9.90 Å². The van der Waals surface area contributed by atoms with Gasteiger partial charge in [-0.1, -0.05) is 62.2 Å². The molecular formula is C15H15Br2NO2. The smallest absolute Gasteiger partial charge is 0.255 e. The molecule has 2 rings (SSSR count). The van der Waals surface area contributed by atoms with Gasteiger partial charge in [-0.15, -0.1) is 0 Å². The summed E-state index contributed by atoms with van der Waals surface area (Å²) in [5.41, 5.74) is -0.119. The topological polar surface area (TPSA) is 49.3 Å². The molecule has 1 amide bonds. The maximum atomic E-state index is 12.3. The number of aromatic hydroxyl groups is 1. The Kier molecular flexibility index (Phi) is 4.70. The maximum Gasteiger partial charge on any atom is 0.255 e. The number of fused-ring (bicyclic) bond motifs is 1. The van der Waals surface area contributed by atoms with E-state index >= 15 is 0 Å². The molecule has 2 aromatic carbocycles. The third kappa shape index (κ3) is 2.99.